The average Bonchev–Trinajstić information content (AvgIpc) is 3.09. The summed E-state index contributed by atoms with van der Waals surface area (Å²) in [5, 5.41) is 2.56. The molecule has 3 rings (SSSR count). The molecule has 0 atom stereocenters. The van der Waals surface area contributed by atoms with Gasteiger partial charge in [-0.3, -0.25) is 9.59 Å². The fourth-order valence-electron chi connectivity index (χ4n) is 2.28. The first-order chi connectivity index (χ1) is 13.5. The SMILES string of the molecule is O=C(COC(=O)CCCSc1nc2ccccc2s1)Nc1ccc(Cl)cc1F. The number of nitrogens with one attached hydrogen (secondary N) is 1. The van der Waals surface area contributed by atoms with Gasteiger partial charge < -0.3 is 10.1 Å². The minimum atomic E-state index is -0.654. The van der Waals surface area contributed by atoms with Crippen molar-refractivity contribution in [3.05, 3.63) is 53.3 Å². The third-order valence-electron chi connectivity index (χ3n) is 3.59. The van der Waals surface area contributed by atoms with Gasteiger partial charge in [-0.1, -0.05) is 35.5 Å². The van der Waals surface area contributed by atoms with Crippen LogP contribution in [0.25, 0.3) is 10.2 Å². The van der Waals surface area contributed by atoms with E-state index in [4.69, 9.17) is 16.3 Å². The van der Waals surface area contributed by atoms with Crippen molar-refractivity contribution in [3.63, 3.8) is 0 Å². The van der Waals surface area contributed by atoms with Gasteiger partial charge in [-0.15, -0.1) is 11.3 Å². The Morgan fingerprint density at radius 2 is 2.07 bits per heavy atom. The minimum Gasteiger partial charge on any atom is -0.456 e. The number of hydrogen-bond acceptors (Lipinski definition) is 6. The van der Waals surface area contributed by atoms with Crippen LogP contribution in [0.2, 0.25) is 5.02 Å². The quantitative estimate of drug-likeness (QED) is 0.299. The molecule has 0 aliphatic heterocycles. The van der Waals surface area contributed by atoms with Gasteiger partial charge in [-0.05, 0) is 36.8 Å². The second-order valence-electron chi connectivity index (χ2n) is 5.73. The van der Waals surface area contributed by atoms with E-state index in [-0.39, 0.29) is 17.1 Å². The van der Waals surface area contributed by atoms with Crippen molar-refractivity contribution < 1.29 is 18.7 Å². The van der Waals surface area contributed by atoms with Crippen molar-refractivity contribution in [1.82, 2.24) is 4.98 Å². The Kier molecular flexibility index (Phi) is 7.24. The number of ether oxygens (including phenoxy) is 1. The maximum absolute atomic E-state index is 13.6. The van der Waals surface area contributed by atoms with E-state index in [0.717, 1.165) is 26.4 Å². The number of esters is 1. The van der Waals surface area contributed by atoms with E-state index in [1.165, 1.54) is 12.1 Å². The van der Waals surface area contributed by atoms with E-state index in [2.05, 4.69) is 10.3 Å². The molecule has 1 aromatic heterocycles. The number of benzene rings is 2. The Morgan fingerprint density at radius 3 is 2.86 bits per heavy atom. The third-order valence-corrected chi connectivity index (χ3v) is 6.10. The van der Waals surface area contributed by atoms with Crippen LogP contribution >= 0.6 is 34.7 Å². The van der Waals surface area contributed by atoms with E-state index in [0.29, 0.717) is 6.42 Å². The zero-order chi connectivity index (χ0) is 19.9. The number of nitrogens with zero attached hydrogens (tertiary/aromatic N) is 1. The number of carbonyl (C=O) groups is 2. The highest BCUT2D eigenvalue weighted by Gasteiger charge is 2.11. The topological polar surface area (TPSA) is 68.3 Å². The number of thioether (sulfide) groups is 1. The normalized spacial score (nSPS) is 10.8. The smallest absolute Gasteiger partial charge is 0.306 e. The van der Waals surface area contributed by atoms with Gasteiger partial charge in [-0.25, -0.2) is 9.37 Å². The Balaban J connectivity index is 1.34. The summed E-state index contributed by atoms with van der Waals surface area (Å²) in [4.78, 5) is 28.0. The lowest BCUT2D eigenvalue weighted by molar-refractivity contribution is -0.147. The Morgan fingerprint density at radius 1 is 1.25 bits per heavy atom. The first-order valence-corrected chi connectivity index (χ1v) is 10.6. The molecule has 3 aromatic rings. The molecule has 0 aliphatic carbocycles. The van der Waals surface area contributed by atoms with Gasteiger partial charge in [0.15, 0.2) is 10.9 Å². The minimum absolute atomic E-state index is 0.0160. The molecule has 2 aromatic carbocycles. The van der Waals surface area contributed by atoms with Crippen LogP contribution in [0.3, 0.4) is 0 Å². The van der Waals surface area contributed by atoms with Crippen LogP contribution in [0.4, 0.5) is 10.1 Å². The van der Waals surface area contributed by atoms with Crippen LogP contribution in [-0.2, 0) is 14.3 Å². The number of halogens is 2. The second kappa shape index (κ2) is 9.86. The molecule has 9 heteroatoms. The van der Waals surface area contributed by atoms with E-state index in [1.54, 1.807) is 23.1 Å². The first-order valence-electron chi connectivity index (χ1n) is 8.40. The lowest BCUT2D eigenvalue weighted by Gasteiger charge is -2.07. The molecule has 0 aliphatic rings. The van der Waals surface area contributed by atoms with Crippen LogP contribution < -0.4 is 5.32 Å². The van der Waals surface area contributed by atoms with E-state index >= 15 is 0 Å². The van der Waals surface area contributed by atoms with Crippen molar-refractivity contribution in [2.45, 2.75) is 17.2 Å². The summed E-state index contributed by atoms with van der Waals surface area (Å²) < 4.78 is 20.6. The lowest BCUT2D eigenvalue weighted by Crippen LogP contribution is -2.21. The number of rotatable bonds is 8. The number of anilines is 1. The molecule has 0 spiro atoms. The summed E-state index contributed by atoms with van der Waals surface area (Å²) in [6, 6.07) is 11.8. The lowest BCUT2D eigenvalue weighted by atomic mass is 10.3. The van der Waals surface area contributed by atoms with Crippen molar-refractivity contribution >= 4 is 62.5 Å². The number of thiazole rings is 1. The Labute approximate surface area is 174 Å². The number of fused-ring (bicyclic) bond motifs is 1. The zero-order valence-electron chi connectivity index (χ0n) is 14.6. The highest BCUT2D eigenvalue weighted by atomic mass is 35.5. The van der Waals surface area contributed by atoms with Crippen molar-refractivity contribution in [1.29, 1.82) is 0 Å². The molecule has 5 nitrogen and oxygen atoms in total. The first kappa shape index (κ1) is 20.6. The maximum Gasteiger partial charge on any atom is 0.306 e. The highest BCUT2D eigenvalue weighted by molar-refractivity contribution is 8.01. The zero-order valence-corrected chi connectivity index (χ0v) is 17.0. The molecule has 28 heavy (non-hydrogen) atoms. The largest absolute Gasteiger partial charge is 0.456 e. The molecule has 0 saturated carbocycles. The van der Waals surface area contributed by atoms with Crippen LogP contribution in [0.1, 0.15) is 12.8 Å². The molecule has 146 valence electrons. The summed E-state index contributed by atoms with van der Waals surface area (Å²) in [5.41, 5.74) is 0.954. The number of hydrogen-bond donors (Lipinski definition) is 1. The summed E-state index contributed by atoms with van der Waals surface area (Å²) in [7, 11) is 0. The molecule has 0 saturated heterocycles. The Hall–Kier alpha value is -2.16. The third kappa shape index (κ3) is 5.92. The molecule has 0 radical (unpaired) electrons. The van der Waals surface area contributed by atoms with Gasteiger partial charge in [0, 0.05) is 17.2 Å². The molecule has 1 amide bonds. The molecule has 0 unspecified atom stereocenters. The number of aromatic nitrogens is 1. The van der Waals surface area contributed by atoms with Gasteiger partial charge >= 0.3 is 5.97 Å². The average molecular weight is 439 g/mol. The molecule has 1 N–H and O–H groups in total. The van der Waals surface area contributed by atoms with Crippen molar-refractivity contribution in [2.75, 3.05) is 17.7 Å². The van der Waals surface area contributed by atoms with E-state index in [9.17, 15) is 14.0 Å². The summed E-state index contributed by atoms with van der Waals surface area (Å²) in [6.45, 7) is -0.466. The van der Waals surface area contributed by atoms with Gasteiger partial charge in [-0.2, -0.15) is 0 Å². The fourth-order valence-corrected chi connectivity index (χ4v) is 4.52. The predicted octanol–water partition coefficient (Wildman–Crippen LogP) is 5.14. The van der Waals surface area contributed by atoms with Gasteiger partial charge in [0.05, 0.1) is 15.9 Å². The Bertz CT molecular complexity index is 963. The van der Waals surface area contributed by atoms with Crippen LogP contribution in [-0.4, -0.2) is 29.2 Å². The van der Waals surface area contributed by atoms with Crippen LogP contribution in [0.15, 0.2) is 46.8 Å². The van der Waals surface area contributed by atoms with E-state index in [1.807, 2.05) is 24.3 Å². The van der Waals surface area contributed by atoms with E-state index < -0.39 is 24.3 Å². The second-order valence-corrected chi connectivity index (χ2v) is 8.54. The standard InChI is InChI=1S/C19H16ClFN2O3S2/c20-12-7-8-14(13(21)10-12)22-17(24)11-26-18(25)6-3-9-27-19-23-15-4-1-2-5-16(15)28-19/h1-2,4-5,7-8,10H,3,6,9,11H2,(H,22,24). The van der Waals surface area contributed by atoms with Crippen molar-refractivity contribution in [3.8, 4) is 0 Å². The number of carbonyl (C=O) groups excluding carboxylic acids is 2. The summed E-state index contributed by atoms with van der Waals surface area (Å²) in [6.07, 6.45) is 0.799. The predicted molar refractivity (Wildman–Crippen MR) is 111 cm³/mol. The summed E-state index contributed by atoms with van der Waals surface area (Å²) >= 11 is 8.85. The molecular weight excluding hydrogens is 423 g/mol. The molecule has 0 fully saturated rings. The van der Waals surface area contributed by atoms with Gasteiger partial charge in [0.2, 0.25) is 0 Å². The highest BCUT2D eigenvalue weighted by Crippen LogP contribution is 2.29. The van der Waals surface area contributed by atoms with Crippen molar-refractivity contribution in [2.24, 2.45) is 0 Å². The summed E-state index contributed by atoms with van der Waals surface area (Å²) in [5.74, 6) is -1.02. The fraction of sp³-hybridized carbons (Fsp3) is 0.211. The molecular formula is C19H16ClFN2O3S2. The molecule has 0 bridgehead atoms. The monoisotopic (exact) mass is 438 g/mol. The number of amides is 1. The van der Waals surface area contributed by atoms with Crippen LogP contribution in [0.5, 0.6) is 0 Å². The van der Waals surface area contributed by atoms with Crippen LogP contribution in [0, 0.1) is 5.82 Å². The van der Waals surface area contributed by atoms with Gasteiger partial charge in [0.25, 0.3) is 5.91 Å². The maximum atomic E-state index is 13.6. The number of para-hydroxylation sites is 1. The molecule has 1 heterocycles. The van der Waals surface area contributed by atoms with Gasteiger partial charge in [0.1, 0.15) is 5.82 Å².